The molecule has 7 nitrogen and oxygen atoms in total. The van der Waals surface area contributed by atoms with Crippen molar-refractivity contribution in [2.45, 2.75) is 13.0 Å². The lowest BCUT2D eigenvalue weighted by atomic mass is 10.1. The standard InChI is InChI=1S/C12H15N7/c13-8-3-1-2-7-4-5-19(10(7)8)6-9-16-11(14)18-12(15)17-9/h1-3H,4-6,13H2,(H4,14,15,16,17,18). The van der Waals surface area contributed by atoms with E-state index in [-0.39, 0.29) is 11.9 Å². The molecule has 1 aromatic carbocycles. The van der Waals surface area contributed by atoms with Crippen molar-refractivity contribution >= 4 is 23.3 Å². The number of fused-ring (bicyclic) bond motifs is 1. The van der Waals surface area contributed by atoms with Crippen LogP contribution in [0.3, 0.4) is 0 Å². The minimum absolute atomic E-state index is 0.142. The lowest BCUT2D eigenvalue weighted by Crippen LogP contribution is -2.23. The van der Waals surface area contributed by atoms with Gasteiger partial charge in [0.25, 0.3) is 0 Å². The molecule has 0 bridgehead atoms. The van der Waals surface area contributed by atoms with E-state index in [0.29, 0.717) is 12.4 Å². The van der Waals surface area contributed by atoms with Crippen LogP contribution >= 0.6 is 0 Å². The van der Waals surface area contributed by atoms with Crippen LogP contribution in [-0.4, -0.2) is 21.5 Å². The number of nitrogen functional groups attached to an aromatic ring is 3. The average molecular weight is 257 g/mol. The topological polar surface area (TPSA) is 120 Å². The van der Waals surface area contributed by atoms with Crippen LogP contribution in [0.4, 0.5) is 23.3 Å². The van der Waals surface area contributed by atoms with Crippen molar-refractivity contribution in [1.82, 2.24) is 15.0 Å². The number of nitrogens with zero attached hydrogens (tertiary/aromatic N) is 4. The highest BCUT2D eigenvalue weighted by atomic mass is 15.2. The van der Waals surface area contributed by atoms with Gasteiger partial charge in [0, 0.05) is 6.54 Å². The van der Waals surface area contributed by atoms with Gasteiger partial charge < -0.3 is 22.1 Å². The minimum atomic E-state index is 0.142. The first kappa shape index (κ1) is 11.5. The Morgan fingerprint density at radius 1 is 1.05 bits per heavy atom. The molecule has 6 N–H and O–H groups in total. The summed E-state index contributed by atoms with van der Waals surface area (Å²) in [7, 11) is 0. The summed E-state index contributed by atoms with van der Waals surface area (Å²) in [5, 5.41) is 0. The van der Waals surface area contributed by atoms with Crippen molar-refractivity contribution in [2.24, 2.45) is 0 Å². The van der Waals surface area contributed by atoms with E-state index >= 15 is 0 Å². The maximum Gasteiger partial charge on any atom is 0.225 e. The normalized spacial score (nSPS) is 13.6. The summed E-state index contributed by atoms with van der Waals surface area (Å²) in [5.74, 6) is 0.840. The molecule has 0 saturated carbocycles. The van der Waals surface area contributed by atoms with Gasteiger partial charge in [-0.15, -0.1) is 0 Å². The van der Waals surface area contributed by atoms with Crippen molar-refractivity contribution in [3.8, 4) is 0 Å². The van der Waals surface area contributed by atoms with Gasteiger partial charge in [-0.05, 0) is 18.1 Å². The quantitative estimate of drug-likeness (QED) is 0.656. The molecule has 1 aliphatic rings. The monoisotopic (exact) mass is 257 g/mol. The summed E-state index contributed by atoms with van der Waals surface area (Å²) in [6.07, 6.45) is 0.969. The predicted octanol–water partition coefficient (Wildman–Crippen LogP) is 0.181. The zero-order valence-corrected chi connectivity index (χ0v) is 10.4. The fraction of sp³-hybridized carbons (Fsp3) is 0.250. The molecule has 2 heterocycles. The summed E-state index contributed by atoms with van der Waals surface area (Å²) in [6.45, 7) is 1.41. The molecule has 3 rings (SSSR count). The Kier molecular flexibility index (Phi) is 2.59. The van der Waals surface area contributed by atoms with Gasteiger partial charge >= 0.3 is 0 Å². The highest BCUT2D eigenvalue weighted by Gasteiger charge is 2.22. The molecular weight excluding hydrogens is 242 g/mol. The van der Waals surface area contributed by atoms with Gasteiger partial charge in [0.2, 0.25) is 11.9 Å². The first-order valence-corrected chi connectivity index (χ1v) is 6.01. The third kappa shape index (κ3) is 2.10. The van der Waals surface area contributed by atoms with E-state index in [1.807, 2.05) is 12.1 Å². The average Bonchev–Trinajstić information content (AvgIpc) is 2.72. The molecule has 2 aromatic rings. The maximum absolute atomic E-state index is 6.03. The second-order valence-electron chi connectivity index (χ2n) is 4.49. The number of benzene rings is 1. The molecule has 1 aromatic heterocycles. The van der Waals surface area contributed by atoms with Crippen LogP contribution in [0.25, 0.3) is 0 Å². The first-order valence-electron chi connectivity index (χ1n) is 6.01. The van der Waals surface area contributed by atoms with Crippen molar-refractivity contribution in [3.63, 3.8) is 0 Å². The SMILES string of the molecule is Nc1nc(N)nc(CN2CCc3cccc(N)c32)n1. The molecule has 0 unspecified atom stereocenters. The Bertz CT molecular complexity index is 605. The fourth-order valence-electron chi connectivity index (χ4n) is 2.42. The van der Waals surface area contributed by atoms with Crippen LogP contribution < -0.4 is 22.1 Å². The van der Waals surface area contributed by atoms with E-state index in [2.05, 4.69) is 25.9 Å². The summed E-state index contributed by atoms with van der Waals surface area (Å²) in [5.41, 5.74) is 20.2. The smallest absolute Gasteiger partial charge is 0.225 e. The Morgan fingerprint density at radius 3 is 2.53 bits per heavy atom. The summed E-state index contributed by atoms with van der Waals surface area (Å²) >= 11 is 0. The zero-order chi connectivity index (χ0) is 13.4. The maximum atomic E-state index is 6.03. The minimum Gasteiger partial charge on any atom is -0.397 e. The molecular formula is C12H15N7. The van der Waals surface area contributed by atoms with Gasteiger partial charge in [-0.25, -0.2) is 0 Å². The molecule has 0 fully saturated rings. The van der Waals surface area contributed by atoms with Crippen molar-refractivity contribution in [1.29, 1.82) is 0 Å². The number of para-hydroxylation sites is 1. The molecule has 0 spiro atoms. The zero-order valence-electron chi connectivity index (χ0n) is 10.4. The number of aromatic nitrogens is 3. The fourth-order valence-corrected chi connectivity index (χ4v) is 2.42. The van der Waals surface area contributed by atoms with Crippen LogP contribution in [0.1, 0.15) is 11.4 Å². The van der Waals surface area contributed by atoms with Crippen LogP contribution in [-0.2, 0) is 13.0 Å². The van der Waals surface area contributed by atoms with E-state index in [1.165, 1.54) is 5.56 Å². The van der Waals surface area contributed by atoms with Gasteiger partial charge in [-0.1, -0.05) is 12.1 Å². The van der Waals surface area contributed by atoms with E-state index in [4.69, 9.17) is 17.2 Å². The highest BCUT2D eigenvalue weighted by molar-refractivity contribution is 5.74. The highest BCUT2D eigenvalue weighted by Crippen LogP contribution is 2.34. The number of nitrogens with two attached hydrogens (primary N) is 3. The van der Waals surface area contributed by atoms with Crippen LogP contribution in [0.15, 0.2) is 18.2 Å². The van der Waals surface area contributed by atoms with Gasteiger partial charge in [-0.2, -0.15) is 15.0 Å². The van der Waals surface area contributed by atoms with E-state index < -0.39 is 0 Å². The lowest BCUT2D eigenvalue weighted by Gasteiger charge is -2.20. The largest absolute Gasteiger partial charge is 0.397 e. The summed E-state index contributed by atoms with van der Waals surface area (Å²) < 4.78 is 0. The number of hydrogen-bond acceptors (Lipinski definition) is 7. The molecule has 19 heavy (non-hydrogen) atoms. The van der Waals surface area contributed by atoms with Crippen LogP contribution in [0.5, 0.6) is 0 Å². The second kappa shape index (κ2) is 4.27. The molecule has 0 radical (unpaired) electrons. The molecule has 7 heteroatoms. The predicted molar refractivity (Wildman–Crippen MR) is 74.3 cm³/mol. The molecule has 0 saturated heterocycles. The van der Waals surface area contributed by atoms with Gasteiger partial charge in [0.05, 0.1) is 17.9 Å². The van der Waals surface area contributed by atoms with Crippen molar-refractivity contribution in [3.05, 3.63) is 29.6 Å². The molecule has 98 valence electrons. The summed E-state index contributed by atoms with van der Waals surface area (Å²) in [6, 6.07) is 5.95. The lowest BCUT2D eigenvalue weighted by molar-refractivity contribution is 0.781. The number of anilines is 4. The Balaban J connectivity index is 1.90. The van der Waals surface area contributed by atoms with Gasteiger partial charge in [0.15, 0.2) is 5.82 Å². The third-order valence-corrected chi connectivity index (χ3v) is 3.17. The second-order valence-corrected chi connectivity index (χ2v) is 4.49. The van der Waals surface area contributed by atoms with Crippen LogP contribution in [0, 0.1) is 0 Å². The third-order valence-electron chi connectivity index (χ3n) is 3.17. The summed E-state index contributed by atoms with van der Waals surface area (Å²) in [4.78, 5) is 14.1. The number of rotatable bonds is 2. The van der Waals surface area contributed by atoms with Crippen molar-refractivity contribution in [2.75, 3.05) is 28.6 Å². The Labute approximate surface area is 110 Å². The molecule has 1 aliphatic heterocycles. The number of hydrogen-bond donors (Lipinski definition) is 3. The van der Waals surface area contributed by atoms with Crippen LogP contribution in [0.2, 0.25) is 0 Å². The van der Waals surface area contributed by atoms with E-state index in [0.717, 1.165) is 24.3 Å². The van der Waals surface area contributed by atoms with Gasteiger partial charge in [-0.3, -0.25) is 0 Å². The molecule has 0 aliphatic carbocycles. The van der Waals surface area contributed by atoms with Gasteiger partial charge in [0.1, 0.15) is 0 Å². The van der Waals surface area contributed by atoms with Crippen molar-refractivity contribution < 1.29 is 0 Å². The van der Waals surface area contributed by atoms with E-state index in [1.54, 1.807) is 0 Å². The Morgan fingerprint density at radius 2 is 1.79 bits per heavy atom. The Hall–Kier alpha value is -2.57. The first-order chi connectivity index (χ1) is 9.13. The molecule has 0 amide bonds. The van der Waals surface area contributed by atoms with E-state index in [9.17, 15) is 0 Å². The molecule has 0 atom stereocenters.